The molecule has 0 bridgehead atoms. The lowest BCUT2D eigenvalue weighted by molar-refractivity contribution is -0.0230. The Bertz CT molecular complexity index is 1050. The van der Waals surface area contributed by atoms with Crippen LogP contribution in [0.3, 0.4) is 0 Å². The van der Waals surface area contributed by atoms with Gasteiger partial charge in [0.15, 0.2) is 23.2 Å². The molecule has 29 heavy (non-hydrogen) atoms. The minimum atomic E-state index is -1.14. The van der Waals surface area contributed by atoms with Crippen molar-refractivity contribution in [2.45, 2.75) is 56.3 Å². The number of aliphatic hydroxyl groups excluding tert-OH is 2. The van der Waals surface area contributed by atoms with Gasteiger partial charge in [0.1, 0.15) is 24.6 Å². The number of anilines is 1. The topological polar surface area (TPSA) is 105 Å². The molecule has 2 fully saturated rings. The summed E-state index contributed by atoms with van der Waals surface area (Å²) in [6.45, 7) is 0. The van der Waals surface area contributed by atoms with Gasteiger partial charge in [-0.15, -0.1) is 11.3 Å². The summed E-state index contributed by atoms with van der Waals surface area (Å²) in [5, 5.41) is 26.4. The van der Waals surface area contributed by atoms with Crippen molar-refractivity contribution in [1.29, 1.82) is 0 Å². The molecule has 3 N–H and O–H groups in total. The highest BCUT2D eigenvalue weighted by Crippen LogP contribution is 2.32. The maximum Gasteiger partial charge on any atom is 0.167 e. The third-order valence-electron chi connectivity index (χ3n) is 5.43. The fraction of sp³-hybridized carbons (Fsp3) is 0.450. The predicted molar refractivity (Wildman–Crippen MR) is 108 cm³/mol. The van der Waals surface area contributed by atoms with Crippen molar-refractivity contribution >= 4 is 28.3 Å². The van der Waals surface area contributed by atoms with Crippen LogP contribution in [0.2, 0.25) is 0 Å². The van der Waals surface area contributed by atoms with Crippen LogP contribution in [-0.4, -0.2) is 54.1 Å². The fourth-order valence-electron chi connectivity index (χ4n) is 3.91. The molecule has 0 aromatic carbocycles. The first-order valence-corrected chi connectivity index (χ1v) is 10.6. The predicted octanol–water partition coefficient (Wildman–Crippen LogP) is 1.91. The molecule has 0 amide bonds. The van der Waals surface area contributed by atoms with Gasteiger partial charge in [0.25, 0.3) is 0 Å². The second-order valence-electron chi connectivity index (χ2n) is 7.35. The zero-order chi connectivity index (χ0) is 19.8. The number of nitrogens with zero attached hydrogens (tertiary/aromatic N) is 4. The van der Waals surface area contributed by atoms with Crippen molar-refractivity contribution in [3.05, 3.63) is 35.0 Å². The largest absolute Gasteiger partial charge is 0.386 e. The second kappa shape index (κ2) is 7.72. The van der Waals surface area contributed by atoms with Crippen LogP contribution in [-0.2, 0) is 4.74 Å². The Labute approximate surface area is 171 Å². The van der Waals surface area contributed by atoms with E-state index in [0.717, 1.165) is 17.7 Å². The lowest BCUT2D eigenvalue weighted by atomic mass is 10.1. The highest BCUT2D eigenvalue weighted by molar-refractivity contribution is 7.10. The van der Waals surface area contributed by atoms with Crippen LogP contribution in [0.25, 0.3) is 11.2 Å². The van der Waals surface area contributed by atoms with Crippen molar-refractivity contribution < 1.29 is 14.9 Å². The van der Waals surface area contributed by atoms with Crippen LogP contribution in [0.1, 0.15) is 36.8 Å². The first kappa shape index (κ1) is 18.5. The van der Waals surface area contributed by atoms with E-state index >= 15 is 0 Å². The van der Waals surface area contributed by atoms with Crippen molar-refractivity contribution in [2.24, 2.45) is 0 Å². The molecule has 0 unspecified atom stereocenters. The lowest BCUT2D eigenvalue weighted by Gasteiger charge is -2.16. The van der Waals surface area contributed by atoms with Crippen LogP contribution in [0.4, 0.5) is 5.82 Å². The summed E-state index contributed by atoms with van der Waals surface area (Å²) in [6.07, 6.45) is 3.82. The normalized spacial score (nSPS) is 27.2. The summed E-state index contributed by atoms with van der Waals surface area (Å²) in [5.74, 6) is 6.58. The van der Waals surface area contributed by atoms with Crippen LogP contribution >= 0.6 is 11.3 Å². The molecule has 1 saturated carbocycles. The van der Waals surface area contributed by atoms with E-state index in [9.17, 15) is 10.2 Å². The Hall–Kier alpha value is -2.51. The van der Waals surface area contributed by atoms with Gasteiger partial charge in [0, 0.05) is 6.04 Å². The molecule has 150 valence electrons. The van der Waals surface area contributed by atoms with Gasteiger partial charge in [-0.1, -0.05) is 30.7 Å². The highest BCUT2D eigenvalue weighted by atomic mass is 32.1. The molecule has 3 aromatic heterocycles. The van der Waals surface area contributed by atoms with Gasteiger partial charge in [0.05, 0.1) is 11.2 Å². The van der Waals surface area contributed by atoms with Crippen LogP contribution in [0.15, 0.2) is 30.2 Å². The molecular formula is C20H21N5O3S. The highest BCUT2D eigenvalue weighted by Gasteiger charge is 2.43. The molecular weight excluding hydrogens is 390 g/mol. The SMILES string of the molecule is O[C@@H]1[C@H](O)[C@@H](C#Cc2cccs2)O[C@H]1n1cnc2c(NC3CCCC3)ncnc21. The quantitative estimate of drug-likeness (QED) is 0.566. The van der Waals surface area contributed by atoms with E-state index in [0.29, 0.717) is 23.0 Å². The molecule has 0 spiro atoms. The zero-order valence-electron chi connectivity index (χ0n) is 15.6. The Morgan fingerprint density at radius 3 is 2.83 bits per heavy atom. The van der Waals surface area contributed by atoms with E-state index in [1.807, 2.05) is 17.5 Å². The summed E-state index contributed by atoms with van der Waals surface area (Å²) in [5.41, 5.74) is 1.17. The van der Waals surface area contributed by atoms with E-state index in [1.54, 1.807) is 10.9 Å². The van der Waals surface area contributed by atoms with E-state index in [2.05, 4.69) is 32.1 Å². The van der Waals surface area contributed by atoms with E-state index < -0.39 is 24.5 Å². The number of aromatic nitrogens is 4. The number of ether oxygens (including phenoxy) is 1. The third kappa shape index (κ3) is 3.49. The average Bonchev–Trinajstić information content (AvgIpc) is 3.51. The standard InChI is InChI=1S/C20H21N5O3S/c26-16-14(8-7-13-6-3-9-29-13)28-20(17(16)27)25-11-23-15-18(21-10-22-19(15)25)24-12-4-1-2-5-12/h3,6,9-12,14,16-17,20,26-27H,1-2,4-5H2,(H,21,22,24)/t14-,16-,17-,20-/m1/s1. The molecule has 2 aliphatic rings. The number of rotatable bonds is 3. The van der Waals surface area contributed by atoms with Crippen molar-refractivity contribution in [3.8, 4) is 11.8 Å². The lowest BCUT2D eigenvalue weighted by Crippen LogP contribution is -2.30. The number of hydrogen-bond acceptors (Lipinski definition) is 8. The number of thiophene rings is 1. The van der Waals surface area contributed by atoms with Gasteiger partial charge in [-0.3, -0.25) is 4.57 Å². The smallest absolute Gasteiger partial charge is 0.167 e. The first-order valence-electron chi connectivity index (χ1n) is 9.71. The van der Waals surface area contributed by atoms with Crippen LogP contribution < -0.4 is 5.32 Å². The summed E-state index contributed by atoms with van der Waals surface area (Å²) < 4.78 is 7.52. The first-order chi connectivity index (χ1) is 14.2. The summed E-state index contributed by atoms with van der Waals surface area (Å²) in [7, 11) is 0. The van der Waals surface area contributed by atoms with Crippen LogP contribution in [0, 0.1) is 11.8 Å². The number of imidazole rings is 1. The van der Waals surface area contributed by atoms with E-state index in [-0.39, 0.29) is 0 Å². The molecule has 1 saturated heterocycles. The average molecular weight is 411 g/mol. The minimum absolute atomic E-state index is 0.394. The van der Waals surface area contributed by atoms with Crippen molar-refractivity contribution in [3.63, 3.8) is 0 Å². The molecule has 4 atom stereocenters. The van der Waals surface area contributed by atoms with Gasteiger partial charge in [-0.2, -0.15) is 0 Å². The zero-order valence-corrected chi connectivity index (χ0v) is 16.4. The number of aliphatic hydroxyl groups is 2. The molecule has 1 aliphatic heterocycles. The van der Waals surface area contributed by atoms with Gasteiger partial charge < -0.3 is 20.3 Å². The second-order valence-corrected chi connectivity index (χ2v) is 8.29. The Morgan fingerprint density at radius 2 is 2.03 bits per heavy atom. The summed E-state index contributed by atoms with van der Waals surface area (Å²) >= 11 is 1.51. The Morgan fingerprint density at radius 1 is 1.17 bits per heavy atom. The number of hydrogen-bond donors (Lipinski definition) is 3. The summed E-state index contributed by atoms with van der Waals surface area (Å²) in [6, 6.07) is 4.20. The third-order valence-corrected chi connectivity index (χ3v) is 6.21. The van der Waals surface area contributed by atoms with Crippen molar-refractivity contribution in [2.75, 3.05) is 5.32 Å². The molecule has 4 heterocycles. The molecule has 9 heteroatoms. The van der Waals surface area contributed by atoms with Gasteiger partial charge in [0.2, 0.25) is 0 Å². The molecule has 1 aliphatic carbocycles. The molecule has 5 rings (SSSR count). The summed E-state index contributed by atoms with van der Waals surface area (Å²) in [4.78, 5) is 14.0. The molecule has 8 nitrogen and oxygen atoms in total. The number of fused-ring (bicyclic) bond motifs is 1. The fourth-order valence-corrected chi connectivity index (χ4v) is 4.49. The molecule has 0 radical (unpaired) electrons. The maximum absolute atomic E-state index is 10.6. The maximum atomic E-state index is 10.6. The van der Waals surface area contributed by atoms with E-state index in [4.69, 9.17) is 4.74 Å². The Balaban J connectivity index is 1.41. The Kier molecular flexibility index (Phi) is 4.93. The van der Waals surface area contributed by atoms with Crippen molar-refractivity contribution in [1.82, 2.24) is 19.5 Å². The monoisotopic (exact) mass is 411 g/mol. The van der Waals surface area contributed by atoms with Gasteiger partial charge in [-0.25, -0.2) is 15.0 Å². The van der Waals surface area contributed by atoms with Gasteiger partial charge >= 0.3 is 0 Å². The minimum Gasteiger partial charge on any atom is -0.386 e. The van der Waals surface area contributed by atoms with Crippen LogP contribution in [0.5, 0.6) is 0 Å². The number of nitrogens with one attached hydrogen (secondary N) is 1. The molecule has 3 aromatic rings. The van der Waals surface area contributed by atoms with E-state index in [1.165, 1.54) is 30.5 Å². The van der Waals surface area contributed by atoms with Gasteiger partial charge in [-0.05, 0) is 24.3 Å².